The number of nitrogens with zero attached hydrogens (tertiary/aromatic N) is 2. The van der Waals surface area contributed by atoms with Crippen molar-refractivity contribution in [1.29, 1.82) is 0 Å². The highest BCUT2D eigenvalue weighted by molar-refractivity contribution is 7.09. The van der Waals surface area contributed by atoms with Gasteiger partial charge in [0.1, 0.15) is 6.54 Å². The first kappa shape index (κ1) is 17.5. The maximum Gasteiger partial charge on any atom is 0.406 e. The summed E-state index contributed by atoms with van der Waals surface area (Å²) in [6.07, 6.45) is -3.71. The molecule has 126 valence electrons. The molecule has 8 heteroatoms. The van der Waals surface area contributed by atoms with Crippen LogP contribution in [0.1, 0.15) is 32.4 Å². The molecule has 0 unspecified atom stereocenters. The predicted molar refractivity (Wildman–Crippen MR) is 82.8 cm³/mol. The Morgan fingerprint density at radius 1 is 1.35 bits per heavy atom. The lowest BCUT2D eigenvalue weighted by Gasteiger charge is -2.12. The molecule has 0 saturated heterocycles. The molecule has 2 rings (SSSR count). The first-order valence-corrected chi connectivity index (χ1v) is 7.98. The van der Waals surface area contributed by atoms with Crippen LogP contribution in [0.2, 0.25) is 0 Å². The molecule has 1 amide bonds. The molecule has 0 radical (unpaired) electrons. The Kier molecular flexibility index (Phi) is 5.13. The third-order valence-corrected chi connectivity index (χ3v) is 4.47. The summed E-state index contributed by atoms with van der Waals surface area (Å²) in [6.45, 7) is 4.30. The molecule has 0 bridgehead atoms. The second-order valence-electron chi connectivity index (χ2n) is 5.37. The van der Waals surface area contributed by atoms with Crippen LogP contribution in [0.25, 0.3) is 0 Å². The number of nitrogens with one attached hydrogen (secondary N) is 1. The van der Waals surface area contributed by atoms with Gasteiger partial charge in [0.05, 0.1) is 10.6 Å². The number of carbonyl (C=O) groups excluding carboxylic acids is 1. The average Bonchev–Trinajstić information content (AvgIpc) is 2.96. The number of halogens is 3. The average molecular weight is 345 g/mol. The van der Waals surface area contributed by atoms with Gasteiger partial charge in [-0.1, -0.05) is 0 Å². The van der Waals surface area contributed by atoms with Gasteiger partial charge in [-0.2, -0.15) is 13.2 Å². The molecule has 2 aromatic rings. The number of amides is 1. The van der Waals surface area contributed by atoms with E-state index in [1.54, 1.807) is 6.92 Å². The minimum absolute atomic E-state index is 0.280. The second-order valence-corrected chi connectivity index (χ2v) is 6.32. The fourth-order valence-corrected chi connectivity index (χ4v) is 3.13. The van der Waals surface area contributed by atoms with Gasteiger partial charge in [0.15, 0.2) is 0 Å². The molecular formula is C15H18F3N3OS. The molecule has 0 atom stereocenters. The van der Waals surface area contributed by atoms with E-state index in [0.29, 0.717) is 24.4 Å². The lowest BCUT2D eigenvalue weighted by atomic mass is 10.2. The Labute approximate surface area is 136 Å². The van der Waals surface area contributed by atoms with Gasteiger partial charge in [0, 0.05) is 35.4 Å². The summed E-state index contributed by atoms with van der Waals surface area (Å²) in [5, 5.41) is 5.59. The van der Waals surface area contributed by atoms with Crippen LogP contribution in [0.4, 0.5) is 13.2 Å². The summed E-state index contributed by atoms with van der Waals surface area (Å²) < 4.78 is 38.8. The number of aromatic nitrogens is 2. The Morgan fingerprint density at radius 3 is 2.61 bits per heavy atom. The first-order chi connectivity index (χ1) is 10.7. The molecule has 0 saturated carbocycles. The smallest absolute Gasteiger partial charge is 0.352 e. The van der Waals surface area contributed by atoms with Gasteiger partial charge in [0.25, 0.3) is 5.91 Å². The van der Waals surface area contributed by atoms with Crippen molar-refractivity contribution in [3.05, 3.63) is 39.1 Å². The Hall–Kier alpha value is -1.83. The zero-order valence-electron chi connectivity index (χ0n) is 13.1. The van der Waals surface area contributed by atoms with E-state index in [2.05, 4.69) is 10.3 Å². The molecule has 2 heterocycles. The highest BCUT2D eigenvalue weighted by Crippen LogP contribution is 2.23. The van der Waals surface area contributed by atoms with Crippen molar-refractivity contribution in [2.24, 2.45) is 0 Å². The van der Waals surface area contributed by atoms with E-state index in [1.165, 1.54) is 24.3 Å². The molecule has 0 aliphatic heterocycles. The molecule has 1 N–H and O–H groups in total. The molecule has 0 aliphatic carbocycles. The number of hydrogen-bond acceptors (Lipinski definition) is 3. The Balaban J connectivity index is 2.00. The normalized spacial score (nSPS) is 11.7. The van der Waals surface area contributed by atoms with Crippen molar-refractivity contribution in [1.82, 2.24) is 14.9 Å². The van der Waals surface area contributed by atoms with Crippen molar-refractivity contribution in [2.45, 2.75) is 39.9 Å². The van der Waals surface area contributed by atoms with E-state index in [4.69, 9.17) is 0 Å². The molecule has 0 fully saturated rings. The largest absolute Gasteiger partial charge is 0.406 e. The van der Waals surface area contributed by atoms with Crippen molar-refractivity contribution in [3.63, 3.8) is 0 Å². The summed E-state index contributed by atoms with van der Waals surface area (Å²) in [4.78, 5) is 16.5. The molecule has 0 aliphatic rings. The minimum atomic E-state index is -4.31. The lowest BCUT2D eigenvalue weighted by Crippen LogP contribution is -2.26. The third-order valence-electron chi connectivity index (χ3n) is 3.45. The monoisotopic (exact) mass is 345 g/mol. The van der Waals surface area contributed by atoms with E-state index in [1.807, 2.05) is 12.3 Å². The number of rotatable bonds is 5. The fraction of sp³-hybridized carbons (Fsp3) is 0.467. The van der Waals surface area contributed by atoms with Gasteiger partial charge in [0.2, 0.25) is 0 Å². The summed E-state index contributed by atoms with van der Waals surface area (Å²) in [5.41, 5.74) is 1.96. The number of hydrogen-bond donors (Lipinski definition) is 1. The maximum absolute atomic E-state index is 12.6. The third kappa shape index (κ3) is 4.57. The van der Waals surface area contributed by atoms with E-state index >= 15 is 0 Å². The second kappa shape index (κ2) is 6.74. The van der Waals surface area contributed by atoms with Crippen molar-refractivity contribution in [3.8, 4) is 0 Å². The summed E-state index contributed by atoms with van der Waals surface area (Å²) >= 11 is 1.52. The fourth-order valence-electron chi connectivity index (χ4n) is 2.35. The van der Waals surface area contributed by atoms with Gasteiger partial charge in [-0.15, -0.1) is 11.3 Å². The lowest BCUT2D eigenvalue weighted by molar-refractivity contribution is -0.141. The van der Waals surface area contributed by atoms with E-state index in [0.717, 1.165) is 15.3 Å². The molecule has 23 heavy (non-hydrogen) atoms. The zero-order chi connectivity index (χ0) is 17.2. The Morgan fingerprint density at radius 2 is 2.04 bits per heavy atom. The van der Waals surface area contributed by atoms with Crippen LogP contribution in [-0.2, 0) is 13.0 Å². The molecule has 4 nitrogen and oxygen atoms in total. The van der Waals surface area contributed by atoms with E-state index in [9.17, 15) is 18.0 Å². The molecule has 0 spiro atoms. The number of thiazole rings is 1. The van der Waals surface area contributed by atoms with Crippen molar-refractivity contribution in [2.75, 3.05) is 6.54 Å². The number of alkyl halides is 3. The summed E-state index contributed by atoms with van der Waals surface area (Å²) in [5.74, 6) is -0.361. The van der Waals surface area contributed by atoms with Crippen LogP contribution in [0.15, 0.2) is 11.4 Å². The van der Waals surface area contributed by atoms with Crippen LogP contribution in [0, 0.1) is 20.8 Å². The van der Waals surface area contributed by atoms with Gasteiger partial charge >= 0.3 is 6.18 Å². The van der Waals surface area contributed by atoms with E-state index in [-0.39, 0.29) is 11.5 Å². The van der Waals surface area contributed by atoms with Crippen LogP contribution in [0.5, 0.6) is 0 Å². The van der Waals surface area contributed by atoms with Gasteiger partial charge < -0.3 is 9.88 Å². The van der Waals surface area contributed by atoms with Gasteiger partial charge in [-0.3, -0.25) is 4.79 Å². The summed E-state index contributed by atoms with van der Waals surface area (Å²) in [6, 6.07) is 1.49. The first-order valence-electron chi connectivity index (χ1n) is 7.10. The molecule has 0 aromatic carbocycles. The maximum atomic E-state index is 12.6. The molecular weight excluding hydrogens is 327 g/mol. The number of carbonyl (C=O) groups is 1. The number of aryl methyl sites for hydroxylation is 2. The van der Waals surface area contributed by atoms with Gasteiger partial charge in [-0.05, 0) is 26.8 Å². The van der Waals surface area contributed by atoms with Gasteiger partial charge in [-0.25, -0.2) is 4.98 Å². The highest BCUT2D eigenvalue weighted by atomic mass is 32.1. The predicted octanol–water partition coefficient (Wildman–Crippen LogP) is 3.40. The van der Waals surface area contributed by atoms with Crippen LogP contribution in [0.3, 0.4) is 0 Å². The quantitative estimate of drug-likeness (QED) is 0.903. The van der Waals surface area contributed by atoms with E-state index < -0.39 is 12.7 Å². The highest BCUT2D eigenvalue weighted by Gasteiger charge is 2.30. The molecule has 2 aromatic heterocycles. The summed E-state index contributed by atoms with van der Waals surface area (Å²) in [7, 11) is 0. The van der Waals surface area contributed by atoms with Crippen LogP contribution >= 0.6 is 11.3 Å². The SMILES string of the molecule is Cc1csc(CCNC(=O)c2cc(C)n(CC(F)(F)F)c2C)n1. The van der Waals surface area contributed by atoms with Crippen molar-refractivity contribution < 1.29 is 18.0 Å². The van der Waals surface area contributed by atoms with Crippen molar-refractivity contribution >= 4 is 17.2 Å². The van der Waals surface area contributed by atoms with Crippen LogP contribution in [-0.4, -0.2) is 28.2 Å². The standard InChI is InChI=1S/C15H18F3N3OS/c1-9-7-23-13(20-9)4-5-19-14(22)12-6-10(2)21(11(12)3)8-15(16,17)18/h6-7H,4-5,8H2,1-3H3,(H,19,22). The minimum Gasteiger partial charge on any atom is -0.352 e. The topological polar surface area (TPSA) is 46.9 Å². The Bertz CT molecular complexity index is 703. The van der Waals surface area contributed by atoms with Crippen LogP contribution < -0.4 is 5.32 Å². The zero-order valence-corrected chi connectivity index (χ0v) is 13.9.